The number of thiophene rings is 1. The molecule has 7 heteroatoms. The highest BCUT2D eigenvalue weighted by Gasteiger charge is 2.27. The van der Waals surface area contributed by atoms with Crippen LogP contribution in [0.25, 0.3) is 0 Å². The highest BCUT2D eigenvalue weighted by atomic mass is 32.1. The van der Waals surface area contributed by atoms with Gasteiger partial charge < -0.3 is 10.2 Å². The first-order valence-electron chi connectivity index (χ1n) is 9.12. The zero-order valence-electron chi connectivity index (χ0n) is 15.4. The molecule has 1 aromatic heterocycles. The van der Waals surface area contributed by atoms with E-state index in [2.05, 4.69) is 21.7 Å². The first-order valence-corrected chi connectivity index (χ1v) is 10.1. The molecule has 1 saturated heterocycles. The largest absolute Gasteiger partial charge is 0.340 e. The van der Waals surface area contributed by atoms with Gasteiger partial charge in [-0.15, -0.1) is 0 Å². The van der Waals surface area contributed by atoms with Crippen molar-refractivity contribution in [2.45, 2.75) is 25.8 Å². The van der Waals surface area contributed by atoms with E-state index in [1.165, 1.54) is 17.7 Å². The van der Waals surface area contributed by atoms with Gasteiger partial charge in [0.15, 0.2) is 0 Å². The van der Waals surface area contributed by atoms with Crippen molar-refractivity contribution in [1.29, 1.82) is 0 Å². The van der Waals surface area contributed by atoms with Gasteiger partial charge in [0.25, 0.3) is 0 Å². The monoisotopic (exact) mass is 389 g/mol. The van der Waals surface area contributed by atoms with Gasteiger partial charge in [0.05, 0.1) is 6.04 Å². The Balaban J connectivity index is 1.45. The minimum Gasteiger partial charge on any atom is -0.340 e. The summed E-state index contributed by atoms with van der Waals surface area (Å²) in [4.78, 5) is 28.7. The van der Waals surface area contributed by atoms with Crippen LogP contribution < -0.4 is 5.32 Å². The number of nitrogens with zero attached hydrogens (tertiary/aromatic N) is 2. The normalized spacial score (nSPS) is 16.1. The Bertz CT molecular complexity index is 773. The number of aryl methyl sites for hydroxylation is 1. The molecule has 1 N–H and O–H groups in total. The Kier molecular flexibility index (Phi) is 6.58. The summed E-state index contributed by atoms with van der Waals surface area (Å²) in [5, 5.41) is 6.85. The van der Waals surface area contributed by atoms with Crippen LogP contribution in [0, 0.1) is 5.82 Å². The number of rotatable bonds is 6. The van der Waals surface area contributed by atoms with Crippen LogP contribution in [-0.4, -0.2) is 53.8 Å². The van der Waals surface area contributed by atoms with E-state index in [4.69, 9.17) is 0 Å². The van der Waals surface area contributed by atoms with Gasteiger partial charge in [-0.3, -0.25) is 14.5 Å². The van der Waals surface area contributed by atoms with Crippen molar-refractivity contribution in [2.75, 3.05) is 31.5 Å². The lowest BCUT2D eigenvalue weighted by atomic mass is 10.1. The Morgan fingerprint density at radius 3 is 2.67 bits per heavy atom. The molecular weight excluding hydrogens is 365 g/mol. The molecule has 2 amide bonds. The highest BCUT2D eigenvalue weighted by molar-refractivity contribution is 7.07. The third-order valence-corrected chi connectivity index (χ3v) is 5.63. The number of nitrogens with one attached hydrogen (secondary N) is 1. The van der Waals surface area contributed by atoms with E-state index in [0.717, 1.165) is 6.42 Å². The second-order valence-corrected chi connectivity index (χ2v) is 7.50. The molecule has 144 valence electrons. The maximum absolute atomic E-state index is 13.2. The van der Waals surface area contributed by atoms with Gasteiger partial charge in [-0.05, 0) is 53.9 Å². The molecule has 3 rings (SSSR count). The maximum atomic E-state index is 13.2. The van der Waals surface area contributed by atoms with E-state index >= 15 is 0 Å². The van der Waals surface area contributed by atoms with Gasteiger partial charge >= 0.3 is 0 Å². The number of carbonyl (C=O) groups is 2. The summed E-state index contributed by atoms with van der Waals surface area (Å²) in [6.07, 6.45) is 1.29. The molecule has 1 fully saturated rings. The third-order valence-electron chi connectivity index (χ3n) is 4.89. The number of hydrogen-bond acceptors (Lipinski definition) is 4. The predicted octanol–water partition coefficient (Wildman–Crippen LogP) is 2.99. The molecule has 0 aliphatic carbocycles. The van der Waals surface area contributed by atoms with Crippen LogP contribution in [-0.2, 0) is 16.0 Å². The highest BCUT2D eigenvalue weighted by Crippen LogP contribution is 2.14. The third kappa shape index (κ3) is 5.37. The Labute approximate surface area is 162 Å². The number of piperazine rings is 1. The second kappa shape index (κ2) is 9.10. The number of anilines is 1. The summed E-state index contributed by atoms with van der Waals surface area (Å²) in [5.74, 6) is -0.384. The number of carbonyl (C=O) groups excluding carboxylic acids is 2. The lowest BCUT2D eigenvalue weighted by Crippen LogP contribution is -2.54. The lowest BCUT2D eigenvalue weighted by Gasteiger charge is -2.37. The topological polar surface area (TPSA) is 52.7 Å². The molecule has 0 radical (unpaired) electrons. The van der Waals surface area contributed by atoms with Crippen molar-refractivity contribution in [3.63, 3.8) is 0 Å². The van der Waals surface area contributed by atoms with Crippen LogP contribution in [0.4, 0.5) is 10.1 Å². The van der Waals surface area contributed by atoms with Gasteiger partial charge in [-0.1, -0.05) is 6.07 Å². The summed E-state index contributed by atoms with van der Waals surface area (Å²) in [7, 11) is 0. The van der Waals surface area contributed by atoms with Gasteiger partial charge in [0, 0.05) is 38.3 Å². The zero-order valence-corrected chi connectivity index (χ0v) is 16.2. The van der Waals surface area contributed by atoms with Crippen molar-refractivity contribution in [1.82, 2.24) is 9.80 Å². The molecule has 1 aliphatic rings. The van der Waals surface area contributed by atoms with Crippen LogP contribution in [0.15, 0.2) is 41.1 Å². The van der Waals surface area contributed by atoms with Gasteiger partial charge in [0.1, 0.15) is 5.82 Å². The van der Waals surface area contributed by atoms with Crippen molar-refractivity contribution in [2.24, 2.45) is 0 Å². The van der Waals surface area contributed by atoms with Gasteiger partial charge in [0.2, 0.25) is 11.8 Å². The lowest BCUT2D eigenvalue weighted by molar-refractivity contribution is -0.133. The quantitative estimate of drug-likeness (QED) is 0.826. The molecule has 0 saturated carbocycles. The van der Waals surface area contributed by atoms with E-state index in [1.54, 1.807) is 23.5 Å². The SMILES string of the molecule is CC(C(=O)Nc1cccc(F)c1)N1CCN(C(=O)CCc2ccsc2)CC1. The van der Waals surface area contributed by atoms with Gasteiger partial charge in [-0.25, -0.2) is 4.39 Å². The molecule has 5 nitrogen and oxygen atoms in total. The molecule has 0 bridgehead atoms. The van der Waals surface area contributed by atoms with Crippen LogP contribution in [0.3, 0.4) is 0 Å². The number of benzene rings is 1. The Hall–Kier alpha value is -2.25. The average Bonchev–Trinajstić information content (AvgIpc) is 3.19. The number of halogens is 1. The van der Waals surface area contributed by atoms with Crippen molar-refractivity contribution < 1.29 is 14.0 Å². The number of amides is 2. The fourth-order valence-electron chi connectivity index (χ4n) is 3.18. The smallest absolute Gasteiger partial charge is 0.241 e. The molecule has 1 aliphatic heterocycles. The molecule has 1 atom stereocenters. The summed E-state index contributed by atoms with van der Waals surface area (Å²) in [6, 6.07) is 7.58. The average molecular weight is 389 g/mol. The Morgan fingerprint density at radius 1 is 1.22 bits per heavy atom. The van der Waals surface area contributed by atoms with Crippen molar-refractivity contribution in [3.8, 4) is 0 Å². The second-order valence-electron chi connectivity index (χ2n) is 6.72. The molecule has 0 spiro atoms. The predicted molar refractivity (Wildman–Crippen MR) is 105 cm³/mol. The summed E-state index contributed by atoms with van der Waals surface area (Å²) >= 11 is 1.64. The fraction of sp³-hybridized carbons (Fsp3) is 0.400. The van der Waals surface area contributed by atoms with E-state index in [1.807, 2.05) is 17.2 Å². The summed E-state index contributed by atoms with van der Waals surface area (Å²) in [6.45, 7) is 4.40. The van der Waals surface area contributed by atoms with E-state index in [0.29, 0.717) is 38.3 Å². The molecule has 1 aromatic carbocycles. The van der Waals surface area contributed by atoms with Gasteiger partial charge in [-0.2, -0.15) is 11.3 Å². The Morgan fingerprint density at radius 2 is 2.00 bits per heavy atom. The van der Waals surface area contributed by atoms with Crippen LogP contribution in [0.2, 0.25) is 0 Å². The minimum atomic E-state index is -0.380. The number of hydrogen-bond donors (Lipinski definition) is 1. The van der Waals surface area contributed by atoms with E-state index < -0.39 is 0 Å². The van der Waals surface area contributed by atoms with Crippen molar-refractivity contribution >= 4 is 28.8 Å². The van der Waals surface area contributed by atoms with Crippen LogP contribution >= 0.6 is 11.3 Å². The maximum Gasteiger partial charge on any atom is 0.241 e. The molecule has 2 aromatic rings. The summed E-state index contributed by atoms with van der Waals surface area (Å²) in [5.41, 5.74) is 1.66. The molecule has 27 heavy (non-hydrogen) atoms. The summed E-state index contributed by atoms with van der Waals surface area (Å²) < 4.78 is 13.2. The standard InChI is InChI=1S/C20H24FN3O2S/c1-15(20(26)22-18-4-2-3-17(21)13-18)23-8-10-24(11-9-23)19(25)6-5-16-7-12-27-14-16/h2-4,7,12-15H,5-6,8-11H2,1H3,(H,22,26). The first-order chi connectivity index (χ1) is 13.0. The zero-order chi connectivity index (χ0) is 19.2. The molecular formula is C20H24FN3O2S. The molecule has 2 heterocycles. The minimum absolute atomic E-state index is 0.165. The van der Waals surface area contributed by atoms with E-state index in [-0.39, 0.29) is 23.7 Å². The first kappa shape index (κ1) is 19.5. The van der Waals surface area contributed by atoms with Crippen molar-refractivity contribution in [3.05, 3.63) is 52.5 Å². The molecule has 1 unspecified atom stereocenters. The van der Waals surface area contributed by atoms with Crippen LogP contribution in [0.5, 0.6) is 0 Å². The fourth-order valence-corrected chi connectivity index (χ4v) is 3.88. The van der Waals surface area contributed by atoms with Crippen LogP contribution in [0.1, 0.15) is 18.9 Å². The van der Waals surface area contributed by atoms with E-state index in [9.17, 15) is 14.0 Å².